The van der Waals surface area contributed by atoms with Gasteiger partial charge in [0.2, 0.25) is 0 Å². The predicted molar refractivity (Wildman–Crippen MR) is 182 cm³/mol. The Kier molecular flexibility index (Phi) is 4.89. The normalized spacial score (nSPS) is 14.0. The Balaban J connectivity index is 1.15. The van der Waals surface area contributed by atoms with Crippen molar-refractivity contribution in [2.75, 3.05) is 5.32 Å². The molecule has 44 heavy (non-hydrogen) atoms. The summed E-state index contributed by atoms with van der Waals surface area (Å²) in [5.74, 6) is 0. The largest absolute Gasteiger partial charge is 0.454 e. The molecule has 1 aliphatic heterocycles. The number of anilines is 2. The minimum atomic E-state index is -0.357. The quantitative estimate of drug-likeness (QED) is 0.220. The molecule has 10 rings (SSSR count). The number of hydrogen-bond donors (Lipinski definition) is 1. The van der Waals surface area contributed by atoms with Gasteiger partial charge in [-0.05, 0) is 80.6 Å². The lowest BCUT2D eigenvalue weighted by Crippen LogP contribution is -2.31. The van der Waals surface area contributed by atoms with Gasteiger partial charge in [0.15, 0.2) is 5.58 Å². The minimum absolute atomic E-state index is 0.357. The number of fused-ring (bicyclic) bond motifs is 13. The second-order valence-electron chi connectivity index (χ2n) is 11.8. The molecule has 1 aromatic heterocycles. The third-order valence-electron chi connectivity index (χ3n) is 9.49. The number of hydrogen-bond acceptors (Lipinski definition) is 3. The zero-order valence-electron chi connectivity index (χ0n) is 23.7. The third-order valence-corrected chi connectivity index (χ3v) is 10.6. The van der Waals surface area contributed by atoms with Gasteiger partial charge in [0, 0.05) is 26.3 Å². The Hall–Kier alpha value is -5.25. The van der Waals surface area contributed by atoms with Crippen LogP contribution in [0.1, 0.15) is 22.3 Å². The topological polar surface area (TPSA) is 25.2 Å². The lowest BCUT2D eigenvalue weighted by Gasteiger charge is -2.39. The van der Waals surface area contributed by atoms with Gasteiger partial charge in [-0.2, -0.15) is 0 Å². The van der Waals surface area contributed by atoms with Crippen molar-refractivity contribution in [1.29, 1.82) is 0 Å². The Labute approximate surface area is 259 Å². The van der Waals surface area contributed by atoms with Crippen molar-refractivity contribution >= 4 is 55.8 Å². The fourth-order valence-electron chi connectivity index (χ4n) is 7.68. The average Bonchev–Trinajstić information content (AvgIpc) is 3.58. The second kappa shape index (κ2) is 8.89. The van der Waals surface area contributed by atoms with Crippen LogP contribution in [0.2, 0.25) is 0 Å². The van der Waals surface area contributed by atoms with Crippen LogP contribution >= 0.6 is 11.8 Å². The SMILES string of the molecule is c1ccc2c(c1)Sc1cc(Nc3cccc4c3oc3cc5ccccc5cc34)ccc1C21c2ccccc2-c2ccccc21. The summed E-state index contributed by atoms with van der Waals surface area (Å²) in [6.07, 6.45) is 0. The van der Waals surface area contributed by atoms with E-state index in [9.17, 15) is 0 Å². The van der Waals surface area contributed by atoms with Crippen molar-refractivity contribution in [1.82, 2.24) is 0 Å². The van der Waals surface area contributed by atoms with E-state index in [2.05, 4.69) is 151 Å². The van der Waals surface area contributed by atoms with Crippen LogP contribution < -0.4 is 5.32 Å². The van der Waals surface area contributed by atoms with Gasteiger partial charge in [0.25, 0.3) is 0 Å². The van der Waals surface area contributed by atoms with Gasteiger partial charge < -0.3 is 9.73 Å². The van der Waals surface area contributed by atoms with E-state index in [1.165, 1.54) is 53.9 Å². The number of benzene rings is 7. The van der Waals surface area contributed by atoms with Crippen LogP contribution in [0.5, 0.6) is 0 Å². The fourth-order valence-corrected chi connectivity index (χ4v) is 8.91. The van der Waals surface area contributed by atoms with Gasteiger partial charge in [-0.1, -0.05) is 121 Å². The van der Waals surface area contributed by atoms with Crippen molar-refractivity contribution in [3.8, 4) is 11.1 Å². The highest BCUT2D eigenvalue weighted by molar-refractivity contribution is 7.99. The molecule has 0 radical (unpaired) electrons. The maximum absolute atomic E-state index is 6.51. The standard InChI is InChI=1S/C41H25NOS/c1-2-11-26-23-37-31(22-25(26)10-1)30-14-9-18-36(40(30)43-37)42-27-20-21-35-39(24-27)44-38-19-8-7-17-34(38)41(35)32-15-5-3-12-28(32)29-13-4-6-16-33(29)41/h1-24,42H. The zero-order valence-corrected chi connectivity index (χ0v) is 24.5. The maximum Gasteiger partial charge on any atom is 0.158 e. The predicted octanol–water partition coefficient (Wildman–Crippen LogP) is 11.3. The molecule has 0 fully saturated rings. The highest BCUT2D eigenvalue weighted by Crippen LogP contribution is 2.62. The van der Waals surface area contributed by atoms with Crippen molar-refractivity contribution in [3.05, 3.63) is 168 Å². The van der Waals surface area contributed by atoms with E-state index in [0.29, 0.717) is 0 Å². The molecule has 0 amide bonds. The molecule has 8 aromatic rings. The van der Waals surface area contributed by atoms with Gasteiger partial charge in [-0.3, -0.25) is 0 Å². The van der Waals surface area contributed by atoms with E-state index >= 15 is 0 Å². The summed E-state index contributed by atoms with van der Waals surface area (Å²) in [7, 11) is 0. The first-order valence-corrected chi connectivity index (χ1v) is 15.8. The molecule has 7 aromatic carbocycles. The molecular weight excluding hydrogens is 555 g/mol. The first-order valence-electron chi connectivity index (χ1n) is 15.0. The molecule has 3 heteroatoms. The van der Waals surface area contributed by atoms with Gasteiger partial charge in [-0.15, -0.1) is 0 Å². The molecule has 2 aliphatic rings. The highest BCUT2D eigenvalue weighted by atomic mass is 32.2. The summed E-state index contributed by atoms with van der Waals surface area (Å²) in [5, 5.41) is 8.40. The van der Waals surface area contributed by atoms with Crippen LogP contribution in [0.4, 0.5) is 11.4 Å². The Morgan fingerprint density at radius 2 is 1.16 bits per heavy atom. The molecule has 0 bridgehead atoms. The molecule has 1 spiro atoms. The first kappa shape index (κ1) is 24.2. The highest BCUT2D eigenvalue weighted by Gasteiger charge is 2.49. The third kappa shape index (κ3) is 3.17. The summed E-state index contributed by atoms with van der Waals surface area (Å²) >= 11 is 1.86. The summed E-state index contributed by atoms with van der Waals surface area (Å²) in [4.78, 5) is 2.57. The van der Waals surface area contributed by atoms with E-state index in [1.807, 2.05) is 11.8 Å². The van der Waals surface area contributed by atoms with Crippen molar-refractivity contribution in [2.45, 2.75) is 15.2 Å². The second-order valence-corrected chi connectivity index (χ2v) is 12.8. The fraction of sp³-hybridized carbons (Fsp3) is 0.0244. The molecule has 206 valence electrons. The molecule has 0 saturated carbocycles. The van der Waals surface area contributed by atoms with Crippen molar-refractivity contribution in [2.24, 2.45) is 0 Å². The van der Waals surface area contributed by atoms with Crippen molar-refractivity contribution in [3.63, 3.8) is 0 Å². The van der Waals surface area contributed by atoms with Crippen LogP contribution in [0, 0.1) is 0 Å². The molecule has 2 nitrogen and oxygen atoms in total. The number of rotatable bonds is 2. The van der Waals surface area contributed by atoms with Crippen LogP contribution in [0.25, 0.3) is 43.8 Å². The summed E-state index contributed by atoms with van der Waals surface area (Å²) < 4.78 is 6.51. The van der Waals surface area contributed by atoms with Crippen molar-refractivity contribution < 1.29 is 4.42 Å². The number of para-hydroxylation sites is 1. The summed E-state index contributed by atoms with van der Waals surface area (Å²) in [6.45, 7) is 0. The average molecular weight is 580 g/mol. The van der Waals surface area contributed by atoms with E-state index in [0.717, 1.165) is 33.3 Å². The monoisotopic (exact) mass is 579 g/mol. The smallest absolute Gasteiger partial charge is 0.158 e. The minimum Gasteiger partial charge on any atom is -0.454 e. The van der Waals surface area contributed by atoms with E-state index in [4.69, 9.17) is 4.42 Å². The van der Waals surface area contributed by atoms with Crippen LogP contribution in [0.15, 0.2) is 160 Å². The lowest BCUT2D eigenvalue weighted by molar-refractivity contribution is 0.670. The molecule has 0 unspecified atom stereocenters. The van der Waals surface area contributed by atoms with Gasteiger partial charge in [-0.25, -0.2) is 0 Å². The summed E-state index contributed by atoms with van der Waals surface area (Å²) in [6, 6.07) is 52.9. The molecule has 2 heterocycles. The van der Waals surface area contributed by atoms with E-state index in [-0.39, 0.29) is 5.41 Å². The van der Waals surface area contributed by atoms with Gasteiger partial charge in [0.1, 0.15) is 5.58 Å². The Morgan fingerprint density at radius 3 is 1.95 bits per heavy atom. The summed E-state index contributed by atoms with van der Waals surface area (Å²) in [5.41, 5.74) is 11.5. The van der Waals surface area contributed by atoms with Gasteiger partial charge in [0.05, 0.1) is 11.1 Å². The van der Waals surface area contributed by atoms with E-state index in [1.54, 1.807) is 0 Å². The molecule has 0 saturated heterocycles. The number of furan rings is 1. The Morgan fingerprint density at radius 1 is 0.500 bits per heavy atom. The lowest BCUT2D eigenvalue weighted by atomic mass is 9.67. The first-order chi connectivity index (χ1) is 21.8. The van der Waals surface area contributed by atoms with E-state index < -0.39 is 0 Å². The van der Waals surface area contributed by atoms with Crippen LogP contribution in [-0.2, 0) is 5.41 Å². The van der Waals surface area contributed by atoms with Crippen LogP contribution in [0.3, 0.4) is 0 Å². The molecule has 0 atom stereocenters. The molecule has 1 aliphatic carbocycles. The zero-order chi connectivity index (χ0) is 28.8. The number of nitrogens with one attached hydrogen (secondary N) is 1. The van der Waals surface area contributed by atoms with Gasteiger partial charge >= 0.3 is 0 Å². The maximum atomic E-state index is 6.51. The van der Waals surface area contributed by atoms with Crippen LogP contribution in [-0.4, -0.2) is 0 Å². The molecule has 1 N–H and O–H groups in total. The molecular formula is C41H25NOS. The Bertz CT molecular complexity index is 2430.